The van der Waals surface area contributed by atoms with Gasteiger partial charge >= 0.3 is 0 Å². The third-order valence-corrected chi connectivity index (χ3v) is 4.05. The summed E-state index contributed by atoms with van der Waals surface area (Å²) in [4.78, 5) is 0. The normalized spacial score (nSPS) is 30.2. The predicted octanol–water partition coefficient (Wildman–Crippen LogP) is 5.03. The minimum atomic E-state index is 0.955. The van der Waals surface area contributed by atoms with E-state index in [0.717, 1.165) is 17.8 Å². The van der Waals surface area contributed by atoms with Gasteiger partial charge in [-0.15, -0.1) is 0 Å². The van der Waals surface area contributed by atoms with Crippen molar-refractivity contribution in [3.63, 3.8) is 0 Å². The van der Waals surface area contributed by atoms with E-state index in [1.807, 2.05) is 0 Å². The maximum atomic E-state index is 2.43. The van der Waals surface area contributed by atoms with Crippen LogP contribution >= 0.6 is 0 Å². The van der Waals surface area contributed by atoms with Gasteiger partial charge in [0.25, 0.3) is 0 Å². The Hall–Kier alpha value is 0. The highest BCUT2D eigenvalue weighted by atomic mass is 14.2. The summed E-state index contributed by atoms with van der Waals surface area (Å²) < 4.78 is 0. The van der Waals surface area contributed by atoms with Gasteiger partial charge in [-0.25, -0.2) is 0 Å². The first-order valence-corrected chi connectivity index (χ1v) is 6.72. The Morgan fingerprint density at radius 1 is 1.29 bits per heavy atom. The summed E-state index contributed by atoms with van der Waals surface area (Å²) in [6.07, 6.45) is 11.8. The summed E-state index contributed by atoms with van der Waals surface area (Å²) in [6.45, 7) is 7.14. The van der Waals surface area contributed by atoms with E-state index in [0.29, 0.717) is 0 Å². The van der Waals surface area contributed by atoms with Gasteiger partial charge in [-0.05, 0) is 24.2 Å². The molecule has 84 valence electrons. The number of rotatable bonds is 5. The van der Waals surface area contributed by atoms with E-state index in [4.69, 9.17) is 0 Å². The largest absolute Gasteiger partial charge is 0.0651 e. The van der Waals surface area contributed by atoms with Crippen LogP contribution in [0.15, 0.2) is 0 Å². The van der Waals surface area contributed by atoms with Gasteiger partial charge in [0, 0.05) is 0 Å². The van der Waals surface area contributed by atoms with Crippen LogP contribution in [0.1, 0.15) is 72.1 Å². The third-order valence-electron chi connectivity index (χ3n) is 4.05. The molecule has 0 aromatic rings. The molecule has 1 saturated carbocycles. The Balaban J connectivity index is 2.05. The molecule has 0 N–H and O–H groups in total. The van der Waals surface area contributed by atoms with Crippen molar-refractivity contribution in [3.8, 4) is 0 Å². The summed E-state index contributed by atoms with van der Waals surface area (Å²) in [5.41, 5.74) is 0. The van der Waals surface area contributed by atoms with E-state index in [9.17, 15) is 0 Å². The molecule has 14 heavy (non-hydrogen) atoms. The highest BCUT2D eigenvalue weighted by molar-refractivity contribution is 4.70. The van der Waals surface area contributed by atoms with Crippen molar-refractivity contribution in [3.05, 3.63) is 0 Å². The smallest absolute Gasteiger partial charge is 0.0412 e. The summed E-state index contributed by atoms with van der Waals surface area (Å²) >= 11 is 0. The topological polar surface area (TPSA) is 0 Å². The number of hydrogen-bond acceptors (Lipinski definition) is 0. The highest BCUT2D eigenvalue weighted by Crippen LogP contribution is 2.32. The van der Waals surface area contributed by atoms with Gasteiger partial charge in [0.15, 0.2) is 0 Å². The Morgan fingerprint density at radius 3 is 2.71 bits per heavy atom. The first kappa shape index (κ1) is 12.1. The summed E-state index contributed by atoms with van der Waals surface area (Å²) in [7, 11) is 0. The van der Waals surface area contributed by atoms with Gasteiger partial charge in [-0.1, -0.05) is 65.7 Å². The van der Waals surface area contributed by atoms with E-state index < -0.39 is 0 Å². The average molecular weight is 196 g/mol. The zero-order chi connectivity index (χ0) is 10.4. The Labute approximate surface area is 90.5 Å². The van der Waals surface area contributed by atoms with E-state index in [2.05, 4.69) is 20.8 Å². The van der Waals surface area contributed by atoms with Crippen molar-refractivity contribution in [2.75, 3.05) is 0 Å². The summed E-state index contributed by atoms with van der Waals surface area (Å²) in [5, 5.41) is 0. The maximum Gasteiger partial charge on any atom is -0.0412 e. The maximum absolute atomic E-state index is 2.43. The van der Waals surface area contributed by atoms with E-state index >= 15 is 0 Å². The molecule has 3 atom stereocenters. The average Bonchev–Trinajstić information content (AvgIpc) is 2.17. The fourth-order valence-electron chi connectivity index (χ4n) is 2.78. The van der Waals surface area contributed by atoms with Crippen LogP contribution in [-0.2, 0) is 0 Å². The standard InChI is InChI=1S/C14H28/c1-4-12(2)7-5-9-14-10-6-8-13(3)11-14/h12-14H,4-11H2,1-3H3. The predicted molar refractivity (Wildman–Crippen MR) is 64.4 cm³/mol. The van der Waals surface area contributed by atoms with Crippen LogP contribution < -0.4 is 0 Å². The molecule has 0 aromatic heterocycles. The van der Waals surface area contributed by atoms with Gasteiger partial charge in [0.2, 0.25) is 0 Å². The zero-order valence-electron chi connectivity index (χ0n) is 10.4. The molecule has 1 aliphatic rings. The van der Waals surface area contributed by atoms with Crippen LogP contribution in [0.4, 0.5) is 0 Å². The van der Waals surface area contributed by atoms with Crippen LogP contribution in [0.25, 0.3) is 0 Å². The molecule has 3 unspecified atom stereocenters. The quantitative estimate of drug-likeness (QED) is 0.578. The van der Waals surface area contributed by atoms with Crippen LogP contribution in [0.3, 0.4) is 0 Å². The second-order valence-electron chi connectivity index (χ2n) is 5.58. The van der Waals surface area contributed by atoms with Crippen LogP contribution in [-0.4, -0.2) is 0 Å². The lowest BCUT2D eigenvalue weighted by atomic mass is 9.79. The lowest BCUT2D eigenvalue weighted by Gasteiger charge is -2.26. The van der Waals surface area contributed by atoms with Crippen molar-refractivity contribution in [1.29, 1.82) is 0 Å². The molecule has 0 aliphatic heterocycles. The SMILES string of the molecule is CCC(C)CCCC1CCCC(C)C1. The first-order chi connectivity index (χ1) is 6.72. The summed E-state index contributed by atoms with van der Waals surface area (Å²) in [5.74, 6) is 3.04. The molecule has 0 bridgehead atoms. The molecule has 0 nitrogen and oxygen atoms in total. The third kappa shape index (κ3) is 4.48. The van der Waals surface area contributed by atoms with E-state index in [-0.39, 0.29) is 0 Å². The fourth-order valence-corrected chi connectivity index (χ4v) is 2.78. The molecule has 0 heterocycles. The second kappa shape index (κ2) is 6.48. The van der Waals surface area contributed by atoms with Gasteiger partial charge in [0.05, 0.1) is 0 Å². The van der Waals surface area contributed by atoms with Gasteiger partial charge in [0.1, 0.15) is 0 Å². The van der Waals surface area contributed by atoms with Crippen molar-refractivity contribution >= 4 is 0 Å². The van der Waals surface area contributed by atoms with Gasteiger partial charge in [-0.2, -0.15) is 0 Å². The Bertz CT molecular complexity index is 139. The Kier molecular flexibility index (Phi) is 5.59. The fraction of sp³-hybridized carbons (Fsp3) is 1.00. The molecule has 1 rings (SSSR count). The van der Waals surface area contributed by atoms with E-state index in [1.165, 1.54) is 51.4 Å². The lowest BCUT2D eigenvalue weighted by Crippen LogP contribution is -2.13. The summed E-state index contributed by atoms with van der Waals surface area (Å²) in [6, 6.07) is 0. The minimum Gasteiger partial charge on any atom is -0.0651 e. The van der Waals surface area contributed by atoms with Crippen LogP contribution in [0, 0.1) is 17.8 Å². The van der Waals surface area contributed by atoms with Crippen molar-refractivity contribution in [2.24, 2.45) is 17.8 Å². The van der Waals surface area contributed by atoms with Crippen molar-refractivity contribution < 1.29 is 0 Å². The second-order valence-corrected chi connectivity index (χ2v) is 5.58. The van der Waals surface area contributed by atoms with Gasteiger partial charge in [-0.3, -0.25) is 0 Å². The molecule has 0 radical (unpaired) electrons. The molecule has 0 heteroatoms. The minimum absolute atomic E-state index is 0.955. The Morgan fingerprint density at radius 2 is 2.07 bits per heavy atom. The van der Waals surface area contributed by atoms with Crippen molar-refractivity contribution in [2.45, 2.75) is 72.1 Å². The molecule has 1 aliphatic carbocycles. The van der Waals surface area contributed by atoms with Gasteiger partial charge < -0.3 is 0 Å². The van der Waals surface area contributed by atoms with Crippen molar-refractivity contribution in [1.82, 2.24) is 0 Å². The molecular weight excluding hydrogens is 168 g/mol. The molecule has 0 spiro atoms. The number of hydrogen-bond donors (Lipinski definition) is 0. The monoisotopic (exact) mass is 196 g/mol. The lowest BCUT2D eigenvalue weighted by molar-refractivity contribution is 0.260. The van der Waals surface area contributed by atoms with Crippen LogP contribution in [0.2, 0.25) is 0 Å². The molecule has 0 saturated heterocycles. The van der Waals surface area contributed by atoms with Crippen LogP contribution in [0.5, 0.6) is 0 Å². The van der Waals surface area contributed by atoms with E-state index in [1.54, 1.807) is 0 Å². The zero-order valence-corrected chi connectivity index (χ0v) is 10.4. The molecular formula is C14H28. The molecule has 0 amide bonds. The first-order valence-electron chi connectivity index (χ1n) is 6.72. The highest BCUT2D eigenvalue weighted by Gasteiger charge is 2.18. The molecule has 1 fully saturated rings. The molecule has 0 aromatic carbocycles.